The molecule has 0 heterocycles. The normalized spacial score (nSPS) is 19.5. The Kier molecular flexibility index (Phi) is 8.17. The van der Waals surface area contributed by atoms with Crippen molar-refractivity contribution in [3.05, 3.63) is 0 Å². The zero-order valence-corrected chi connectivity index (χ0v) is 10.7. The Labute approximate surface area is 96.4 Å². The highest BCUT2D eigenvalue weighted by molar-refractivity contribution is 6.11. The van der Waals surface area contributed by atoms with Crippen LogP contribution < -0.4 is 5.73 Å². The maximum Gasteiger partial charge on any atom is 0.0696 e. The largest absolute Gasteiger partial charge is 0.378 e. The molecule has 15 heavy (non-hydrogen) atoms. The van der Waals surface area contributed by atoms with Gasteiger partial charge >= 0.3 is 0 Å². The Balaban J connectivity index is 4.14. The van der Waals surface area contributed by atoms with E-state index in [-0.39, 0.29) is 18.0 Å². The Bertz CT molecular complexity index is 147. The fraction of sp³-hybridized carbons (Fsp3) is 1.00. The second-order valence-corrected chi connectivity index (χ2v) is 4.52. The molecule has 0 aliphatic rings. The highest BCUT2D eigenvalue weighted by Crippen LogP contribution is 2.21. The summed E-state index contributed by atoms with van der Waals surface area (Å²) in [4.78, 5) is 0. The van der Waals surface area contributed by atoms with Crippen molar-refractivity contribution in [2.24, 2.45) is 11.7 Å². The predicted octanol–water partition coefficient (Wildman–Crippen LogP) is 2.52. The molecule has 0 aromatic heterocycles. The third-order valence-electron chi connectivity index (χ3n) is 2.86. The molecular weight excluding hydrogens is 185 g/mol. The Hall–Kier alpha value is -0.0151. The van der Waals surface area contributed by atoms with Crippen molar-refractivity contribution in [1.82, 2.24) is 0 Å². The van der Waals surface area contributed by atoms with E-state index in [9.17, 15) is 0 Å². The lowest BCUT2D eigenvalue weighted by atomic mass is 9.79. The summed E-state index contributed by atoms with van der Waals surface area (Å²) < 4.78 is 5.73. The van der Waals surface area contributed by atoms with Crippen LogP contribution in [0, 0.1) is 5.92 Å². The van der Waals surface area contributed by atoms with Crippen molar-refractivity contribution in [2.45, 2.75) is 64.9 Å². The first-order valence-corrected chi connectivity index (χ1v) is 6.15. The fourth-order valence-electron chi connectivity index (χ4n) is 1.92. The van der Waals surface area contributed by atoms with E-state index in [1.807, 2.05) is 13.8 Å². The van der Waals surface area contributed by atoms with Gasteiger partial charge in [-0.3, -0.25) is 0 Å². The molecule has 0 saturated carbocycles. The molecule has 0 saturated heterocycles. The van der Waals surface area contributed by atoms with Gasteiger partial charge in [-0.05, 0) is 25.7 Å². The summed E-state index contributed by atoms with van der Waals surface area (Å²) in [5.74, 6) is 0.558. The maximum atomic E-state index is 6.12. The van der Waals surface area contributed by atoms with Crippen molar-refractivity contribution >= 4 is 7.85 Å². The van der Waals surface area contributed by atoms with Gasteiger partial charge in [0, 0.05) is 12.6 Å². The van der Waals surface area contributed by atoms with Gasteiger partial charge in [0.1, 0.15) is 0 Å². The molecule has 0 aromatic carbocycles. The van der Waals surface area contributed by atoms with Crippen molar-refractivity contribution in [3.8, 4) is 0 Å². The third-order valence-corrected chi connectivity index (χ3v) is 2.86. The van der Waals surface area contributed by atoms with Gasteiger partial charge in [-0.15, -0.1) is 0 Å². The minimum absolute atomic E-state index is 0.146. The van der Waals surface area contributed by atoms with E-state index in [0.29, 0.717) is 5.92 Å². The van der Waals surface area contributed by atoms with Crippen LogP contribution in [-0.4, -0.2) is 26.6 Å². The first-order chi connectivity index (χ1) is 7.02. The molecule has 0 spiro atoms. The van der Waals surface area contributed by atoms with Gasteiger partial charge in [0.05, 0.1) is 14.0 Å². The number of nitrogens with two attached hydrogens (primary N) is 1. The van der Waals surface area contributed by atoms with E-state index >= 15 is 0 Å². The van der Waals surface area contributed by atoms with Crippen molar-refractivity contribution in [2.75, 3.05) is 6.61 Å². The minimum atomic E-state index is 0.146. The first-order valence-electron chi connectivity index (χ1n) is 6.15. The average molecular weight is 211 g/mol. The minimum Gasteiger partial charge on any atom is -0.378 e. The van der Waals surface area contributed by atoms with Crippen molar-refractivity contribution in [3.63, 3.8) is 0 Å². The summed E-state index contributed by atoms with van der Waals surface area (Å²) in [5.41, 5.74) is 6.12. The number of hydrogen-bond donors (Lipinski definition) is 1. The van der Waals surface area contributed by atoms with Gasteiger partial charge in [-0.1, -0.05) is 33.0 Å². The molecule has 0 bridgehead atoms. The molecule has 0 aliphatic heterocycles. The second-order valence-electron chi connectivity index (χ2n) is 4.52. The van der Waals surface area contributed by atoms with Gasteiger partial charge in [-0.25, -0.2) is 0 Å². The van der Waals surface area contributed by atoms with Gasteiger partial charge in [0.2, 0.25) is 0 Å². The van der Waals surface area contributed by atoms with E-state index in [2.05, 4.69) is 13.8 Å². The summed E-state index contributed by atoms with van der Waals surface area (Å²) in [6.07, 6.45) is 3.38. The van der Waals surface area contributed by atoms with Crippen LogP contribution >= 0.6 is 0 Å². The van der Waals surface area contributed by atoms with E-state index in [0.717, 1.165) is 25.9 Å². The highest BCUT2D eigenvalue weighted by atomic mass is 16.5. The molecule has 0 aromatic rings. The Morgan fingerprint density at radius 2 is 1.87 bits per heavy atom. The molecule has 2 unspecified atom stereocenters. The topological polar surface area (TPSA) is 35.2 Å². The molecular formula is C12H26BNO. The van der Waals surface area contributed by atoms with E-state index in [1.165, 1.54) is 0 Å². The molecule has 0 rings (SSSR count). The van der Waals surface area contributed by atoms with Crippen molar-refractivity contribution < 1.29 is 4.74 Å². The lowest BCUT2D eigenvalue weighted by Gasteiger charge is -2.29. The highest BCUT2D eigenvalue weighted by Gasteiger charge is 2.23. The fourth-order valence-corrected chi connectivity index (χ4v) is 1.92. The maximum absolute atomic E-state index is 6.12. The number of ether oxygens (including phenoxy) is 1. The van der Waals surface area contributed by atoms with E-state index < -0.39 is 0 Å². The molecule has 3 heteroatoms. The van der Waals surface area contributed by atoms with Crippen LogP contribution in [0.1, 0.15) is 47.0 Å². The summed E-state index contributed by atoms with van der Waals surface area (Å²) in [7, 11) is 5.76. The quantitative estimate of drug-likeness (QED) is 0.626. The zero-order chi connectivity index (χ0) is 11.8. The summed E-state index contributed by atoms with van der Waals surface area (Å²) in [6, 6.07) is 0.146. The Morgan fingerprint density at radius 1 is 1.27 bits per heavy atom. The predicted molar refractivity (Wildman–Crippen MR) is 67.3 cm³/mol. The standard InChI is InChI=1S/C12H26BNO/c1-5-7-12(15-6-2)10(4)11(14)8-9(3)13/h9-12H,5-8,14H2,1-4H3/t9-,10-,11?,12?/m1/s1. The van der Waals surface area contributed by atoms with Gasteiger partial charge in [-0.2, -0.15) is 0 Å². The molecule has 88 valence electrons. The molecule has 2 N–H and O–H groups in total. The lowest BCUT2D eigenvalue weighted by molar-refractivity contribution is 0.0104. The third kappa shape index (κ3) is 6.21. The number of rotatable bonds is 8. The molecule has 0 aliphatic carbocycles. The van der Waals surface area contributed by atoms with Crippen molar-refractivity contribution in [1.29, 1.82) is 0 Å². The molecule has 0 fully saturated rings. The van der Waals surface area contributed by atoms with Gasteiger partial charge < -0.3 is 10.5 Å². The van der Waals surface area contributed by atoms with Crippen LogP contribution in [0.4, 0.5) is 0 Å². The van der Waals surface area contributed by atoms with Crippen LogP contribution in [-0.2, 0) is 4.74 Å². The summed E-state index contributed by atoms with van der Waals surface area (Å²) in [5, 5.41) is 0. The smallest absolute Gasteiger partial charge is 0.0696 e. The molecule has 0 amide bonds. The lowest BCUT2D eigenvalue weighted by Crippen LogP contribution is -2.38. The first kappa shape index (κ1) is 15.0. The monoisotopic (exact) mass is 211 g/mol. The molecule has 4 atom stereocenters. The number of hydrogen-bond acceptors (Lipinski definition) is 2. The van der Waals surface area contributed by atoms with Gasteiger partial charge in [0.25, 0.3) is 0 Å². The Morgan fingerprint density at radius 3 is 2.27 bits per heavy atom. The van der Waals surface area contributed by atoms with E-state index in [4.69, 9.17) is 18.3 Å². The zero-order valence-electron chi connectivity index (χ0n) is 10.7. The summed E-state index contributed by atoms with van der Waals surface area (Å²) in [6.45, 7) is 9.15. The van der Waals surface area contributed by atoms with Crippen LogP contribution in [0.2, 0.25) is 5.82 Å². The average Bonchev–Trinajstić information content (AvgIpc) is 2.15. The SMILES string of the molecule is [B][C@H](C)CC(N)[C@@H](C)C(CCC)OCC. The van der Waals surface area contributed by atoms with E-state index in [1.54, 1.807) is 0 Å². The molecule has 2 nitrogen and oxygen atoms in total. The van der Waals surface area contributed by atoms with Crippen LogP contribution in [0.5, 0.6) is 0 Å². The second kappa shape index (κ2) is 8.17. The van der Waals surface area contributed by atoms with Gasteiger partial charge in [0.15, 0.2) is 0 Å². The van der Waals surface area contributed by atoms with Crippen LogP contribution in [0.15, 0.2) is 0 Å². The summed E-state index contributed by atoms with van der Waals surface area (Å²) >= 11 is 0. The van der Waals surface area contributed by atoms with Crippen LogP contribution in [0.25, 0.3) is 0 Å². The van der Waals surface area contributed by atoms with Crippen LogP contribution in [0.3, 0.4) is 0 Å². The molecule has 2 radical (unpaired) electrons.